The number of fused-ring (bicyclic) bond motifs is 1. The molecule has 0 radical (unpaired) electrons. The molecule has 2 aromatic carbocycles. The summed E-state index contributed by atoms with van der Waals surface area (Å²) >= 11 is 0. The first kappa shape index (κ1) is 23.0. The van der Waals surface area contributed by atoms with Crippen LogP contribution in [0.2, 0.25) is 0 Å². The van der Waals surface area contributed by atoms with Crippen LogP contribution in [0.1, 0.15) is 75.8 Å². The lowest BCUT2D eigenvalue weighted by Gasteiger charge is -2.41. The van der Waals surface area contributed by atoms with Gasteiger partial charge in [-0.3, -0.25) is 0 Å². The Morgan fingerprint density at radius 1 is 0.812 bits per heavy atom. The largest absolute Gasteiger partial charge is 0.207 e. The molecule has 4 atom stereocenters. The van der Waals surface area contributed by atoms with Gasteiger partial charge in [0.1, 0.15) is 11.6 Å². The summed E-state index contributed by atoms with van der Waals surface area (Å²) < 4.78 is 29.1. The van der Waals surface area contributed by atoms with Crippen molar-refractivity contribution in [3.63, 3.8) is 0 Å². The molecule has 2 aromatic rings. The lowest BCUT2D eigenvalue weighted by atomic mass is 9.64. The number of hydrogen-bond donors (Lipinski definition) is 0. The first-order valence-corrected chi connectivity index (χ1v) is 12.4. The van der Waals surface area contributed by atoms with Crippen LogP contribution >= 0.6 is 0 Å². The Balaban J connectivity index is 1.43. The minimum atomic E-state index is -0.444. The van der Waals surface area contributed by atoms with Crippen LogP contribution in [-0.2, 0) is 6.42 Å². The maximum atomic E-state index is 14.6. The van der Waals surface area contributed by atoms with E-state index < -0.39 is 11.6 Å². The monoisotopic (exact) mass is 434 g/mol. The minimum Gasteiger partial charge on any atom is -0.207 e. The fourth-order valence-electron chi connectivity index (χ4n) is 6.03. The van der Waals surface area contributed by atoms with Gasteiger partial charge in [0, 0.05) is 5.56 Å². The van der Waals surface area contributed by atoms with Crippen molar-refractivity contribution in [2.24, 2.45) is 17.8 Å². The first-order chi connectivity index (χ1) is 15.6. The molecular weight excluding hydrogens is 398 g/mol. The zero-order valence-corrected chi connectivity index (χ0v) is 19.5. The highest BCUT2D eigenvalue weighted by Crippen LogP contribution is 2.48. The van der Waals surface area contributed by atoms with Crippen molar-refractivity contribution < 1.29 is 8.78 Å². The second-order valence-corrected chi connectivity index (χ2v) is 9.78. The molecule has 2 aliphatic rings. The molecule has 170 valence electrons. The minimum absolute atomic E-state index is 0.185. The van der Waals surface area contributed by atoms with Crippen LogP contribution in [0.3, 0.4) is 0 Å². The maximum absolute atomic E-state index is 14.6. The van der Waals surface area contributed by atoms with Gasteiger partial charge in [0.25, 0.3) is 0 Å². The lowest BCUT2D eigenvalue weighted by molar-refractivity contribution is 0.133. The van der Waals surface area contributed by atoms with Gasteiger partial charge in [0.2, 0.25) is 0 Å². The molecule has 0 bridgehead atoms. The topological polar surface area (TPSA) is 0 Å². The van der Waals surface area contributed by atoms with E-state index in [1.54, 1.807) is 0 Å². The molecule has 0 saturated heterocycles. The average molecular weight is 435 g/mol. The molecule has 4 unspecified atom stereocenters. The molecule has 0 aromatic heterocycles. The van der Waals surface area contributed by atoms with Gasteiger partial charge in [0.05, 0.1) is 0 Å². The molecule has 0 aliphatic heterocycles. The van der Waals surface area contributed by atoms with Gasteiger partial charge < -0.3 is 0 Å². The fraction of sp³-hybridized carbons (Fsp3) is 0.467. The smallest absolute Gasteiger partial charge is 0.129 e. The summed E-state index contributed by atoms with van der Waals surface area (Å²) in [5.74, 6) is 2.25. The summed E-state index contributed by atoms with van der Waals surface area (Å²) in [5, 5.41) is 0. The van der Waals surface area contributed by atoms with Crippen LogP contribution < -0.4 is 0 Å². The number of benzene rings is 2. The maximum Gasteiger partial charge on any atom is 0.129 e. The Bertz CT molecular complexity index is 930. The lowest BCUT2D eigenvalue weighted by Crippen LogP contribution is -2.30. The molecule has 0 nitrogen and oxygen atoms in total. The highest BCUT2D eigenvalue weighted by molar-refractivity contribution is 5.64. The quantitative estimate of drug-likeness (QED) is 0.398. The first-order valence-electron chi connectivity index (χ1n) is 12.4. The van der Waals surface area contributed by atoms with E-state index in [0.717, 1.165) is 23.3 Å². The van der Waals surface area contributed by atoms with Crippen LogP contribution in [0.4, 0.5) is 8.78 Å². The van der Waals surface area contributed by atoms with Gasteiger partial charge >= 0.3 is 0 Å². The van der Waals surface area contributed by atoms with Crippen LogP contribution in [0.25, 0.3) is 11.1 Å². The molecule has 0 amide bonds. The Kier molecular flexibility index (Phi) is 7.60. The Morgan fingerprint density at radius 3 is 2.19 bits per heavy atom. The van der Waals surface area contributed by atoms with Crippen molar-refractivity contribution >= 4 is 0 Å². The van der Waals surface area contributed by atoms with Crippen LogP contribution in [-0.4, -0.2) is 0 Å². The van der Waals surface area contributed by atoms with E-state index in [9.17, 15) is 8.78 Å². The van der Waals surface area contributed by atoms with E-state index in [4.69, 9.17) is 0 Å². The van der Waals surface area contributed by atoms with E-state index >= 15 is 0 Å². The zero-order valence-electron chi connectivity index (χ0n) is 19.5. The zero-order chi connectivity index (χ0) is 22.5. The van der Waals surface area contributed by atoms with Crippen molar-refractivity contribution in [3.8, 4) is 11.1 Å². The second-order valence-electron chi connectivity index (χ2n) is 9.78. The number of halogens is 2. The average Bonchev–Trinajstić information content (AvgIpc) is 2.81. The second kappa shape index (κ2) is 10.6. The van der Waals surface area contributed by atoms with Gasteiger partial charge in [-0.25, -0.2) is 8.78 Å². The van der Waals surface area contributed by atoms with Gasteiger partial charge in [-0.1, -0.05) is 48.6 Å². The van der Waals surface area contributed by atoms with Crippen molar-refractivity contribution in [1.29, 1.82) is 0 Å². The van der Waals surface area contributed by atoms with Crippen molar-refractivity contribution in [2.45, 2.75) is 71.1 Å². The summed E-state index contributed by atoms with van der Waals surface area (Å²) in [6, 6.07) is 11.4. The number of allylic oxidation sites excluding steroid dienone is 4. The molecule has 2 fully saturated rings. The molecule has 2 aliphatic carbocycles. The van der Waals surface area contributed by atoms with E-state index in [1.807, 2.05) is 31.2 Å². The summed E-state index contributed by atoms with van der Waals surface area (Å²) in [4.78, 5) is 0. The van der Waals surface area contributed by atoms with E-state index in [2.05, 4.69) is 31.2 Å². The van der Waals surface area contributed by atoms with Gasteiger partial charge in [0.15, 0.2) is 0 Å². The third-order valence-corrected chi connectivity index (χ3v) is 7.77. The SMILES string of the molecule is C/C=C/CCc1c(F)cc(-c2ccc(C3CCC4CC(/C=C/C)CCC4C3)cc2)cc1F. The third kappa shape index (κ3) is 5.22. The van der Waals surface area contributed by atoms with Crippen molar-refractivity contribution in [2.75, 3.05) is 0 Å². The van der Waals surface area contributed by atoms with E-state index in [0.29, 0.717) is 24.3 Å². The van der Waals surface area contributed by atoms with Crippen molar-refractivity contribution in [1.82, 2.24) is 0 Å². The third-order valence-electron chi connectivity index (χ3n) is 7.77. The van der Waals surface area contributed by atoms with Crippen LogP contribution in [0.5, 0.6) is 0 Å². The van der Waals surface area contributed by atoms with Crippen molar-refractivity contribution in [3.05, 3.63) is 83.5 Å². The molecule has 0 N–H and O–H groups in total. The summed E-state index contributed by atoms with van der Waals surface area (Å²) in [6.07, 6.45) is 17.4. The molecule has 32 heavy (non-hydrogen) atoms. The summed E-state index contributed by atoms with van der Waals surface area (Å²) in [7, 11) is 0. The Morgan fingerprint density at radius 2 is 1.50 bits per heavy atom. The normalized spacial score (nSPS) is 26.0. The Labute approximate surface area is 192 Å². The van der Waals surface area contributed by atoms with Crippen LogP contribution in [0, 0.1) is 29.4 Å². The fourth-order valence-corrected chi connectivity index (χ4v) is 6.03. The Hall–Kier alpha value is -2.22. The van der Waals surface area contributed by atoms with Gasteiger partial charge in [-0.15, -0.1) is 0 Å². The molecular formula is C30H36F2. The summed E-state index contributed by atoms with van der Waals surface area (Å²) in [6.45, 7) is 4.05. The molecule has 4 rings (SSSR count). The van der Waals surface area contributed by atoms with Crippen LogP contribution in [0.15, 0.2) is 60.7 Å². The standard InChI is InChI=1S/C30H36F2/c1-3-5-6-8-28-29(31)19-27(20-30(28)32)23-13-11-22(12-14-23)25-16-15-24-17-21(7-4-2)9-10-26(24)18-25/h3-5,7,11-14,19-21,24-26H,6,8-10,15-18H2,1-2H3/b5-3+,7-4+. The summed E-state index contributed by atoms with van der Waals surface area (Å²) in [5.41, 5.74) is 3.07. The van der Waals surface area contributed by atoms with Gasteiger partial charge in [-0.2, -0.15) is 0 Å². The van der Waals surface area contributed by atoms with Gasteiger partial charge in [-0.05, 0) is 118 Å². The predicted molar refractivity (Wildman–Crippen MR) is 131 cm³/mol. The molecule has 0 spiro atoms. The predicted octanol–water partition coefficient (Wildman–Crippen LogP) is 9.02. The van der Waals surface area contributed by atoms with E-state index in [1.165, 1.54) is 56.2 Å². The van der Waals surface area contributed by atoms with E-state index in [-0.39, 0.29) is 5.56 Å². The number of hydrogen-bond acceptors (Lipinski definition) is 0. The molecule has 2 heteroatoms. The highest BCUT2D eigenvalue weighted by Gasteiger charge is 2.35. The molecule has 0 heterocycles. The molecule has 2 saturated carbocycles. The highest BCUT2D eigenvalue weighted by atomic mass is 19.1. The number of rotatable bonds is 6.